The van der Waals surface area contributed by atoms with E-state index in [1.54, 1.807) is 14.2 Å². The molecule has 0 saturated heterocycles. The first-order chi connectivity index (χ1) is 19.9. The molecule has 1 rings (SSSR count). The first-order valence-corrected chi connectivity index (χ1v) is 14.0. The van der Waals surface area contributed by atoms with Gasteiger partial charge in [0, 0.05) is 26.8 Å². The Morgan fingerprint density at radius 2 is 1.24 bits per heavy atom. The largest absolute Gasteiger partial charge is 0.490 e. The summed E-state index contributed by atoms with van der Waals surface area (Å²) in [6.07, 6.45) is 1.15. The molecule has 0 unspecified atom stereocenters. The predicted octanol–water partition coefficient (Wildman–Crippen LogP) is 2.90. The van der Waals surface area contributed by atoms with Crippen molar-refractivity contribution < 1.29 is 52.2 Å². The van der Waals surface area contributed by atoms with Gasteiger partial charge in [-0.05, 0) is 26.3 Å². The monoisotopic (exact) mass is 587 g/mol. The van der Waals surface area contributed by atoms with Gasteiger partial charge in [0.2, 0.25) is 0 Å². The van der Waals surface area contributed by atoms with Crippen LogP contribution in [0.15, 0.2) is 12.1 Å². The number of carbonyl (C=O) groups is 2. The topological polar surface area (TPSA) is 129 Å². The lowest BCUT2D eigenvalue weighted by molar-refractivity contribution is -0.0154. The lowest BCUT2D eigenvalue weighted by Crippen LogP contribution is -2.27. The molecular formula is C29H49NO11. The maximum atomic E-state index is 13.1. The summed E-state index contributed by atoms with van der Waals surface area (Å²) in [6.45, 7) is 10.1. The quantitative estimate of drug-likeness (QED) is 0.134. The molecule has 1 aromatic carbocycles. The number of hydrogen-bond donors (Lipinski definition) is 1. The van der Waals surface area contributed by atoms with Crippen molar-refractivity contribution in [3.05, 3.63) is 23.3 Å². The van der Waals surface area contributed by atoms with Gasteiger partial charge in [-0.25, -0.2) is 4.79 Å². The number of rotatable bonds is 25. The van der Waals surface area contributed by atoms with E-state index < -0.39 is 5.97 Å². The van der Waals surface area contributed by atoms with Gasteiger partial charge in [-0.2, -0.15) is 0 Å². The molecule has 1 aromatic rings. The van der Waals surface area contributed by atoms with E-state index in [0.717, 1.165) is 12.8 Å². The highest BCUT2D eigenvalue weighted by Gasteiger charge is 2.23. The number of esters is 1. The zero-order chi connectivity index (χ0) is 30.3. The summed E-state index contributed by atoms with van der Waals surface area (Å²) in [5.74, 6) is -0.535. The van der Waals surface area contributed by atoms with Crippen molar-refractivity contribution >= 4 is 11.9 Å². The third-order valence-electron chi connectivity index (χ3n) is 5.62. The fraction of sp³-hybridized carbons (Fsp3) is 0.724. The first-order valence-electron chi connectivity index (χ1n) is 14.0. The Hall–Kier alpha value is -2.48. The van der Waals surface area contributed by atoms with E-state index >= 15 is 0 Å². The summed E-state index contributed by atoms with van der Waals surface area (Å²) in [5.41, 5.74) is 0.301. The second-order valence-electron chi connectivity index (χ2n) is 9.14. The molecule has 0 aliphatic carbocycles. The van der Waals surface area contributed by atoms with E-state index in [0.29, 0.717) is 59.4 Å². The fourth-order valence-corrected chi connectivity index (χ4v) is 3.34. The second-order valence-corrected chi connectivity index (χ2v) is 9.14. The van der Waals surface area contributed by atoms with Gasteiger partial charge < -0.3 is 47.9 Å². The number of amides is 1. The van der Waals surface area contributed by atoms with Crippen molar-refractivity contribution in [3.8, 4) is 11.5 Å². The average Bonchev–Trinajstić information content (AvgIpc) is 2.97. The van der Waals surface area contributed by atoms with Gasteiger partial charge >= 0.3 is 5.97 Å². The van der Waals surface area contributed by atoms with Crippen molar-refractivity contribution in [1.29, 1.82) is 0 Å². The highest BCUT2D eigenvalue weighted by Crippen LogP contribution is 2.31. The molecular weight excluding hydrogens is 538 g/mol. The van der Waals surface area contributed by atoms with Crippen LogP contribution in [-0.4, -0.2) is 118 Å². The average molecular weight is 588 g/mol. The molecule has 2 atom stereocenters. The Bertz CT molecular complexity index is 852. The van der Waals surface area contributed by atoms with Crippen LogP contribution in [0.25, 0.3) is 0 Å². The normalized spacial score (nSPS) is 12.5. The summed E-state index contributed by atoms with van der Waals surface area (Å²) in [5, 5.41) is 2.87. The van der Waals surface area contributed by atoms with Crippen molar-refractivity contribution in [3.63, 3.8) is 0 Å². The van der Waals surface area contributed by atoms with E-state index in [9.17, 15) is 9.59 Å². The number of carbonyl (C=O) groups excluding carboxylic acids is 2. The number of unbranched alkanes of at least 4 members (excludes halogenated alkanes) is 1. The molecule has 1 N–H and O–H groups in total. The molecule has 0 aliphatic rings. The fourth-order valence-electron chi connectivity index (χ4n) is 3.34. The van der Waals surface area contributed by atoms with E-state index in [4.69, 9.17) is 42.6 Å². The van der Waals surface area contributed by atoms with E-state index in [-0.39, 0.29) is 54.0 Å². The Balaban J connectivity index is 2.96. The van der Waals surface area contributed by atoms with Crippen molar-refractivity contribution in [2.45, 2.75) is 45.8 Å². The van der Waals surface area contributed by atoms with Gasteiger partial charge in [-0.3, -0.25) is 4.79 Å². The minimum absolute atomic E-state index is 0.105. The number of hydrogen-bond acceptors (Lipinski definition) is 11. The Morgan fingerprint density at radius 1 is 0.732 bits per heavy atom. The van der Waals surface area contributed by atoms with Gasteiger partial charge in [0.25, 0.3) is 5.91 Å². The van der Waals surface area contributed by atoms with E-state index in [1.165, 1.54) is 19.2 Å². The molecule has 0 aliphatic heterocycles. The molecule has 0 radical (unpaired) electrons. The van der Waals surface area contributed by atoms with Gasteiger partial charge in [0.05, 0.1) is 77.7 Å². The van der Waals surface area contributed by atoms with Gasteiger partial charge in [0.15, 0.2) is 0 Å². The minimum Gasteiger partial charge on any atom is -0.490 e. The van der Waals surface area contributed by atoms with Crippen LogP contribution in [0, 0.1) is 0 Å². The highest BCUT2D eigenvalue weighted by atomic mass is 16.6. The maximum Gasteiger partial charge on any atom is 0.341 e. The van der Waals surface area contributed by atoms with Crippen LogP contribution < -0.4 is 14.8 Å². The van der Waals surface area contributed by atoms with Crippen LogP contribution in [0.4, 0.5) is 0 Å². The first kappa shape index (κ1) is 36.5. The van der Waals surface area contributed by atoms with Crippen LogP contribution in [0.5, 0.6) is 11.5 Å². The molecule has 41 heavy (non-hydrogen) atoms. The van der Waals surface area contributed by atoms with Crippen LogP contribution >= 0.6 is 0 Å². The van der Waals surface area contributed by atoms with Crippen molar-refractivity contribution in [1.82, 2.24) is 5.32 Å². The molecule has 0 saturated carbocycles. The van der Waals surface area contributed by atoms with Crippen LogP contribution in [0.2, 0.25) is 0 Å². The second kappa shape index (κ2) is 23.1. The molecule has 0 bridgehead atoms. The number of methoxy groups -OCH3 is 3. The molecule has 0 fully saturated rings. The van der Waals surface area contributed by atoms with Crippen LogP contribution in [0.1, 0.15) is 54.3 Å². The van der Waals surface area contributed by atoms with Gasteiger partial charge in [-0.15, -0.1) is 0 Å². The summed E-state index contributed by atoms with van der Waals surface area (Å²) < 4.78 is 49.1. The van der Waals surface area contributed by atoms with Crippen LogP contribution in [-0.2, 0) is 33.2 Å². The Kier molecular flexibility index (Phi) is 20.6. The molecule has 0 spiro atoms. The smallest absolute Gasteiger partial charge is 0.341 e. The van der Waals surface area contributed by atoms with E-state index in [1.807, 2.05) is 20.8 Å². The van der Waals surface area contributed by atoms with Crippen LogP contribution in [0.3, 0.4) is 0 Å². The Morgan fingerprint density at radius 3 is 1.73 bits per heavy atom. The van der Waals surface area contributed by atoms with Gasteiger partial charge in [-0.1, -0.05) is 13.3 Å². The van der Waals surface area contributed by atoms with E-state index in [2.05, 4.69) is 5.32 Å². The molecule has 0 heterocycles. The molecule has 0 aromatic heterocycles. The lowest BCUT2D eigenvalue weighted by Gasteiger charge is -2.20. The Labute approximate surface area is 244 Å². The molecule has 12 heteroatoms. The molecule has 1 amide bonds. The van der Waals surface area contributed by atoms with Crippen molar-refractivity contribution in [2.24, 2.45) is 0 Å². The summed E-state index contributed by atoms with van der Waals surface area (Å²) in [7, 11) is 4.49. The van der Waals surface area contributed by atoms with Gasteiger partial charge in [0.1, 0.15) is 30.3 Å². The minimum atomic E-state index is -0.639. The zero-order valence-electron chi connectivity index (χ0n) is 25.5. The SMILES string of the molecule is CCCCNC(=O)c1cc(C(=O)OC)c(OC[C@H](C)OCCOCCOC)cc1OC[C@H](C)OCCOCCOC. The summed E-state index contributed by atoms with van der Waals surface area (Å²) in [4.78, 5) is 25.7. The predicted molar refractivity (Wildman–Crippen MR) is 152 cm³/mol. The summed E-state index contributed by atoms with van der Waals surface area (Å²) >= 11 is 0. The zero-order valence-corrected chi connectivity index (χ0v) is 25.5. The third-order valence-corrected chi connectivity index (χ3v) is 5.62. The van der Waals surface area contributed by atoms with Crippen molar-refractivity contribution in [2.75, 3.05) is 93.9 Å². The summed E-state index contributed by atoms with van der Waals surface area (Å²) in [6, 6.07) is 2.96. The maximum absolute atomic E-state index is 13.1. The third kappa shape index (κ3) is 15.9. The standard InChI is InChI=1S/C29H49NO11/c1-7-8-9-30-28(31)24-18-25(29(32)35-6)27(41-21-23(3)39-17-15-37-13-11-34-5)19-26(24)40-20-22(2)38-16-14-36-12-10-33-4/h18-19,22-23H,7-17,20-21H2,1-6H3,(H,30,31)/t22-,23-/m0/s1. The lowest BCUT2D eigenvalue weighted by atomic mass is 10.1. The number of ether oxygens (including phenoxy) is 9. The number of benzene rings is 1. The number of nitrogens with one attached hydrogen (secondary N) is 1. The molecule has 12 nitrogen and oxygen atoms in total. The highest BCUT2D eigenvalue weighted by molar-refractivity contribution is 6.01. The molecule has 236 valence electrons.